The summed E-state index contributed by atoms with van der Waals surface area (Å²) in [5.41, 5.74) is 2.15. The van der Waals surface area contributed by atoms with Crippen LogP contribution in [0.25, 0.3) is 0 Å². The molecule has 2 aromatic rings. The largest absolute Gasteiger partial charge is 0.465 e. The topological polar surface area (TPSA) is 97.2 Å². The summed E-state index contributed by atoms with van der Waals surface area (Å²) < 4.78 is 5.47. The number of nitrogens with one attached hydrogen (secondary N) is 1. The van der Waals surface area contributed by atoms with Gasteiger partial charge in [0.15, 0.2) is 0 Å². The van der Waals surface area contributed by atoms with E-state index in [0.717, 1.165) is 56.9 Å². The third-order valence-electron chi connectivity index (χ3n) is 5.74. The molecule has 1 aliphatic heterocycles. The molecule has 1 fully saturated rings. The molecule has 2 aromatic carbocycles. The third kappa shape index (κ3) is 9.18. The van der Waals surface area contributed by atoms with Gasteiger partial charge in [-0.3, -0.25) is 4.79 Å². The summed E-state index contributed by atoms with van der Waals surface area (Å²) in [6, 6.07) is 12.8. The first-order valence-corrected chi connectivity index (χ1v) is 12.3. The number of hydrogen-bond donors (Lipinski definition) is 1. The fourth-order valence-corrected chi connectivity index (χ4v) is 4.38. The number of carbonyl (C=O) groups excluding carboxylic acids is 1. The molecule has 0 amide bonds. The van der Waals surface area contributed by atoms with Gasteiger partial charge in [0.25, 0.3) is 5.09 Å². The van der Waals surface area contributed by atoms with Crippen LogP contribution in [0.4, 0.5) is 11.4 Å². The Morgan fingerprint density at radius 1 is 0.943 bits per heavy atom. The van der Waals surface area contributed by atoms with E-state index in [1.807, 2.05) is 24.3 Å². The highest BCUT2D eigenvalue weighted by Gasteiger charge is 2.17. The summed E-state index contributed by atoms with van der Waals surface area (Å²) in [5, 5.41) is 13.7. The van der Waals surface area contributed by atoms with Crippen LogP contribution in [-0.2, 0) is 20.8 Å². The quantitative estimate of drug-likeness (QED) is 0.178. The molecule has 0 unspecified atom stereocenters. The van der Waals surface area contributed by atoms with Crippen molar-refractivity contribution in [1.29, 1.82) is 0 Å². The SMILES string of the molecule is O=C(Cc1ccccc1Nc1c(Cl)cccc1Cl)OCCCN1CCN(CCCO[N+](=O)[O-])CC1. The smallest absolute Gasteiger partial charge is 0.310 e. The van der Waals surface area contributed by atoms with E-state index in [1.54, 1.807) is 18.2 Å². The standard InChI is InChI=1S/C24H30Cl2N4O5/c25-20-7-3-8-21(26)24(20)27-22-9-2-1-6-19(22)18-23(31)34-16-4-10-28-12-14-29(15-13-28)11-5-17-35-30(32)33/h1-3,6-9,27H,4-5,10-18H2. The number of piperazine rings is 1. The van der Waals surface area contributed by atoms with Crippen molar-refractivity contribution in [3.63, 3.8) is 0 Å². The molecule has 1 N–H and O–H groups in total. The van der Waals surface area contributed by atoms with E-state index in [2.05, 4.69) is 20.0 Å². The molecule has 3 rings (SSSR count). The van der Waals surface area contributed by atoms with Gasteiger partial charge in [0.1, 0.15) is 0 Å². The van der Waals surface area contributed by atoms with Crippen molar-refractivity contribution in [3.05, 3.63) is 68.2 Å². The van der Waals surface area contributed by atoms with Crippen molar-refractivity contribution < 1.29 is 19.5 Å². The zero-order valence-corrected chi connectivity index (χ0v) is 21.0. The summed E-state index contributed by atoms with van der Waals surface area (Å²) in [7, 11) is 0. The number of carbonyl (C=O) groups is 1. The van der Waals surface area contributed by atoms with Gasteiger partial charge in [0.2, 0.25) is 0 Å². The number of esters is 1. The highest BCUT2D eigenvalue weighted by atomic mass is 35.5. The minimum absolute atomic E-state index is 0.132. The van der Waals surface area contributed by atoms with Crippen LogP contribution in [0.5, 0.6) is 0 Å². The first-order valence-electron chi connectivity index (χ1n) is 11.6. The number of anilines is 2. The second-order valence-electron chi connectivity index (χ2n) is 8.22. The first-order chi connectivity index (χ1) is 16.9. The zero-order valence-electron chi connectivity index (χ0n) is 19.5. The van der Waals surface area contributed by atoms with Crippen LogP contribution in [0.3, 0.4) is 0 Å². The summed E-state index contributed by atoms with van der Waals surface area (Å²) in [6.07, 6.45) is 1.54. The van der Waals surface area contributed by atoms with Gasteiger partial charge in [-0.25, -0.2) is 0 Å². The Morgan fingerprint density at radius 3 is 2.17 bits per heavy atom. The maximum absolute atomic E-state index is 12.4. The summed E-state index contributed by atoms with van der Waals surface area (Å²) in [4.78, 5) is 31.6. The fourth-order valence-electron chi connectivity index (χ4n) is 3.89. The van der Waals surface area contributed by atoms with E-state index in [0.29, 0.717) is 28.8 Å². The van der Waals surface area contributed by atoms with E-state index in [9.17, 15) is 14.9 Å². The minimum atomic E-state index is -0.753. The normalized spacial score (nSPS) is 14.5. The van der Waals surface area contributed by atoms with Crippen molar-refractivity contribution in [2.24, 2.45) is 0 Å². The van der Waals surface area contributed by atoms with Crippen molar-refractivity contribution >= 4 is 40.5 Å². The van der Waals surface area contributed by atoms with E-state index in [4.69, 9.17) is 27.9 Å². The van der Waals surface area contributed by atoms with Gasteiger partial charge < -0.3 is 24.7 Å². The molecule has 9 nitrogen and oxygen atoms in total. The van der Waals surface area contributed by atoms with Crippen LogP contribution in [0.15, 0.2) is 42.5 Å². The predicted octanol–water partition coefficient (Wildman–Crippen LogP) is 4.43. The predicted molar refractivity (Wildman–Crippen MR) is 136 cm³/mol. The second kappa shape index (κ2) is 14.1. The lowest BCUT2D eigenvalue weighted by Gasteiger charge is -2.34. The fraction of sp³-hybridized carbons (Fsp3) is 0.458. The highest BCUT2D eigenvalue weighted by Crippen LogP contribution is 2.33. The Hall–Kier alpha value is -2.59. The van der Waals surface area contributed by atoms with Crippen molar-refractivity contribution in [2.75, 3.05) is 57.8 Å². The Bertz CT molecular complexity index is 966. The van der Waals surface area contributed by atoms with Gasteiger partial charge in [0.05, 0.1) is 35.4 Å². The number of para-hydroxylation sites is 2. The molecule has 11 heteroatoms. The number of nitrogens with zero attached hydrogens (tertiary/aromatic N) is 3. The summed E-state index contributed by atoms with van der Waals surface area (Å²) in [5.74, 6) is -0.286. The number of hydrogen-bond acceptors (Lipinski definition) is 8. The maximum Gasteiger partial charge on any atom is 0.310 e. The average Bonchev–Trinajstić information content (AvgIpc) is 2.84. The lowest BCUT2D eigenvalue weighted by atomic mass is 10.1. The molecule has 0 spiro atoms. The number of rotatable bonds is 13. The Morgan fingerprint density at radius 2 is 1.54 bits per heavy atom. The van der Waals surface area contributed by atoms with Crippen LogP contribution in [0, 0.1) is 10.1 Å². The molecule has 0 saturated carbocycles. The third-order valence-corrected chi connectivity index (χ3v) is 6.37. The number of benzene rings is 2. The van der Waals surface area contributed by atoms with Crippen LogP contribution < -0.4 is 5.32 Å². The first kappa shape index (κ1) is 27.0. The Kier molecular flexibility index (Phi) is 10.9. The lowest BCUT2D eigenvalue weighted by molar-refractivity contribution is -0.757. The van der Waals surface area contributed by atoms with Gasteiger partial charge in [-0.1, -0.05) is 47.5 Å². The van der Waals surface area contributed by atoms with Gasteiger partial charge in [-0.15, -0.1) is 10.1 Å². The molecule has 35 heavy (non-hydrogen) atoms. The van der Waals surface area contributed by atoms with E-state index < -0.39 is 5.09 Å². The molecule has 0 aliphatic carbocycles. The molecule has 190 valence electrons. The average molecular weight is 525 g/mol. The molecular weight excluding hydrogens is 495 g/mol. The van der Waals surface area contributed by atoms with Gasteiger partial charge in [0, 0.05) is 45.0 Å². The van der Waals surface area contributed by atoms with Crippen molar-refractivity contribution in [1.82, 2.24) is 9.80 Å². The Labute approximate surface area is 215 Å². The summed E-state index contributed by atoms with van der Waals surface area (Å²) in [6.45, 7) is 5.82. The monoisotopic (exact) mass is 524 g/mol. The van der Waals surface area contributed by atoms with Gasteiger partial charge in [-0.05, 0) is 36.6 Å². The van der Waals surface area contributed by atoms with Crippen LogP contribution in [-0.4, -0.2) is 73.3 Å². The van der Waals surface area contributed by atoms with Crippen LogP contribution in [0.1, 0.15) is 18.4 Å². The molecule has 0 bridgehead atoms. The van der Waals surface area contributed by atoms with Crippen LogP contribution >= 0.6 is 23.2 Å². The lowest BCUT2D eigenvalue weighted by Crippen LogP contribution is -2.47. The van der Waals surface area contributed by atoms with Crippen LogP contribution in [0.2, 0.25) is 10.0 Å². The molecule has 1 heterocycles. The molecule has 0 radical (unpaired) electrons. The maximum atomic E-state index is 12.4. The molecular formula is C24H30Cl2N4O5. The van der Waals surface area contributed by atoms with E-state index in [1.165, 1.54) is 0 Å². The van der Waals surface area contributed by atoms with Gasteiger partial charge >= 0.3 is 5.97 Å². The number of halogens is 2. The molecule has 1 saturated heterocycles. The minimum Gasteiger partial charge on any atom is -0.465 e. The Balaban J connectivity index is 1.35. The number of ether oxygens (including phenoxy) is 1. The van der Waals surface area contributed by atoms with Crippen molar-refractivity contribution in [3.8, 4) is 0 Å². The van der Waals surface area contributed by atoms with E-state index >= 15 is 0 Å². The van der Waals surface area contributed by atoms with Gasteiger partial charge in [-0.2, -0.15) is 0 Å². The van der Waals surface area contributed by atoms with E-state index in [-0.39, 0.29) is 19.0 Å². The highest BCUT2D eigenvalue weighted by molar-refractivity contribution is 6.39. The molecule has 0 atom stereocenters. The zero-order chi connectivity index (χ0) is 25.0. The molecule has 0 aromatic heterocycles. The molecule has 1 aliphatic rings. The van der Waals surface area contributed by atoms with Crippen molar-refractivity contribution in [2.45, 2.75) is 19.3 Å². The summed E-state index contributed by atoms with van der Waals surface area (Å²) >= 11 is 12.5. The second-order valence-corrected chi connectivity index (χ2v) is 9.04.